The molecule has 1 aromatic carbocycles. The van der Waals surface area contributed by atoms with Crippen molar-refractivity contribution >= 4 is 57.7 Å². The van der Waals surface area contributed by atoms with Gasteiger partial charge in [-0.1, -0.05) is 40.9 Å². The van der Waals surface area contributed by atoms with Gasteiger partial charge in [0.25, 0.3) is 0 Å². The van der Waals surface area contributed by atoms with Gasteiger partial charge in [0.05, 0.1) is 9.71 Å². The minimum atomic E-state index is -0.362. The molecular formula is C11H6Cl4S. The van der Waals surface area contributed by atoms with Crippen molar-refractivity contribution in [3.8, 4) is 0 Å². The van der Waals surface area contributed by atoms with Gasteiger partial charge in [-0.2, -0.15) is 0 Å². The maximum atomic E-state index is 6.34. The van der Waals surface area contributed by atoms with Gasteiger partial charge in [-0.05, 0) is 24.3 Å². The van der Waals surface area contributed by atoms with Gasteiger partial charge in [-0.15, -0.1) is 22.9 Å². The Morgan fingerprint density at radius 1 is 0.938 bits per heavy atom. The van der Waals surface area contributed by atoms with Gasteiger partial charge in [-0.25, -0.2) is 0 Å². The Morgan fingerprint density at radius 2 is 1.56 bits per heavy atom. The summed E-state index contributed by atoms with van der Waals surface area (Å²) in [5, 5.41) is 0.771. The van der Waals surface area contributed by atoms with E-state index in [0.717, 1.165) is 10.4 Å². The van der Waals surface area contributed by atoms with Crippen molar-refractivity contribution in [2.24, 2.45) is 0 Å². The average Bonchev–Trinajstić information content (AvgIpc) is 2.64. The molecule has 16 heavy (non-hydrogen) atoms. The molecule has 0 nitrogen and oxygen atoms in total. The topological polar surface area (TPSA) is 0 Å². The number of benzene rings is 1. The van der Waals surface area contributed by atoms with E-state index in [9.17, 15) is 0 Å². The van der Waals surface area contributed by atoms with E-state index in [-0.39, 0.29) is 5.38 Å². The van der Waals surface area contributed by atoms with Crippen LogP contribution in [-0.4, -0.2) is 0 Å². The zero-order valence-corrected chi connectivity index (χ0v) is 11.7. The summed E-state index contributed by atoms with van der Waals surface area (Å²) in [6.45, 7) is 0. The van der Waals surface area contributed by atoms with Crippen LogP contribution in [0, 0.1) is 0 Å². The van der Waals surface area contributed by atoms with E-state index >= 15 is 0 Å². The van der Waals surface area contributed by atoms with Crippen LogP contribution in [-0.2, 0) is 0 Å². The molecule has 2 rings (SSSR count). The Hall–Kier alpha value is 0.0800. The summed E-state index contributed by atoms with van der Waals surface area (Å²) in [4.78, 5) is 0.932. The Bertz CT molecular complexity index is 486. The van der Waals surface area contributed by atoms with Crippen LogP contribution in [0.3, 0.4) is 0 Å². The highest BCUT2D eigenvalue weighted by molar-refractivity contribution is 7.16. The van der Waals surface area contributed by atoms with Gasteiger partial charge in [0, 0.05) is 20.5 Å². The fourth-order valence-corrected chi connectivity index (χ4v) is 3.58. The smallest absolute Gasteiger partial charge is 0.0957 e. The first-order valence-corrected chi connectivity index (χ1v) is 6.81. The maximum Gasteiger partial charge on any atom is 0.0957 e. The second-order valence-electron chi connectivity index (χ2n) is 3.14. The van der Waals surface area contributed by atoms with Gasteiger partial charge < -0.3 is 0 Å². The van der Waals surface area contributed by atoms with Crippen LogP contribution >= 0.6 is 57.7 Å². The maximum absolute atomic E-state index is 6.34. The summed E-state index contributed by atoms with van der Waals surface area (Å²) < 4.78 is 0.698. The summed E-state index contributed by atoms with van der Waals surface area (Å²) in [6.07, 6.45) is 0. The number of halogens is 4. The van der Waals surface area contributed by atoms with Crippen molar-refractivity contribution < 1.29 is 0 Å². The molecule has 1 atom stereocenters. The van der Waals surface area contributed by atoms with Crippen LogP contribution in [0.4, 0.5) is 0 Å². The zero-order chi connectivity index (χ0) is 11.7. The Balaban J connectivity index is 2.45. The lowest BCUT2D eigenvalue weighted by Gasteiger charge is -2.11. The molecule has 1 aromatic heterocycles. The van der Waals surface area contributed by atoms with Crippen molar-refractivity contribution in [1.82, 2.24) is 0 Å². The van der Waals surface area contributed by atoms with Crippen molar-refractivity contribution in [3.63, 3.8) is 0 Å². The first-order valence-electron chi connectivity index (χ1n) is 4.43. The molecule has 0 aliphatic rings. The fraction of sp³-hybridized carbons (Fsp3) is 0.0909. The minimum Gasteiger partial charge on any atom is -0.127 e. The summed E-state index contributed by atoms with van der Waals surface area (Å²) in [7, 11) is 0. The highest BCUT2D eigenvalue weighted by Crippen LogP contribution is 2.41. The van der Waals surface area contributed by atoms with Crippen LogP contribution in [0.2, 0.25) is 14.4 Å². The summed E-state index contributed by atoms with van der Waals surface area (Å²) >= 11 is 25.8. The SMILES string of the molecule is Clc1ccc(C(Cl)c2c(Cl)cccc2Cl)s1. The average molecular weight is 312 g/mol. The molecule has 0 fully saturated rings. The Morgan fingerprint density at radius 3 is 2.06 bits per heavy atom. The molecule has 0 saturated heterocycles. The third-order valence-electron chi connectivity index (χ3n) is 2.10. The molecule has 1 heterocycles. The molecule has 0 bridgehead atoms. The van der Waals surface area contributed by atoms with E-state index in [2.05, 4.69) is 0 Å². The monoisotopic (exact) mass is 310 g/mol. The van der Waals surface area contributed by atoms with Crippen molar-refractivity contribution in [3.05, 3.63) is 55.2 Å². The lowest BCUT2D eigenvalue weighted by molar-refractivity contribution is 1.18. The van der Waals surface area contributed by atoms with E-state index < -0.39 is 0 Å². The van der Waals surface area contributed by atoms with Crippen LogP contribution in [0.15, 0.2) is 30.3 Å². The third kappa shape index (κ3) is 2.49. The molecule has 0 saturated carbocycles. The second-order valence-corrected chi connectivity index (χ2v) is 6.14. The largest absolute Gasteiger partial charge is 0.127 e. The molecule has 0 aliphatic carbocycles. The highest BCUT2D eigenvalue weighted by Gasteiger charge is 2.18. The van der Waals surface area contributed by atoms with E-state index in [0.29, 0.717) is 14.4 Å². The van der Waals surface area contributed by atoms with Crippen LogP contribution < -0.4 is 0 Å². The molecule has 2 aromatic rings. The van der Waals surface area contributed by atoms with Crippen LogP contribution in [0.1, 0.15) is 15.8 Å². The second kappa shape index (κ2) is 5.16. The molecule has 0 aliphatic heterocycles. The van der Waals surface area contributed by atoms with E-state index in [1.807, 2.05) is 12.1 Å². The Kier molecular flexibility index (Phi) is 4.04. The van der Waals surface area contributed by atoms with Gasteiger partial charge >= 0.3 is 0 Å². The molecule has 1 unspecified atom stereocenters. The first kappa shape index (κ1) is 12.5. The van der Waals surface area contributed by atoms with E-state index in [4.69, 9.17) is 46.4 Å². The van der Waals surface area contributed by atoms with Crippen molar-refractivity contribution in [2.75, 3.05) is 0 Å². The molecule has 0 N–H and O–H groups in total. The van der Waals surface area contributed by atoms with Gasteiger partial charge in [0.2, 0.25) is 0 Å². The number of alkyl halides is 1. The normalized spacial score (nSPS) is 12.8. The van der Waals surface area contributed by atoms with Crippen molar-refractivity contribution in [2.45, 2.75) is 5.38 Å². The van der Waals surface area contributed by atoms with Crippen LogP contribution in [0.5, 0.6) is 0 Å². The zero-order valence-electron chi connectivity index (χ0n) is 7.88. The lowest BCUT2D eigenvalue weighted by atomic mass is 10.1. The lowest BCUT2D eigenvalue weighted by Crippen LogP contribution is -1.92. The number of hydrogen-bond acceptors (Lipinski definition) is 1. The first-order chi connectivity index (χ1) is 7.59. The summed E-state index contributed by atoms with van der Waals surface area (Å²) in [6, 6.07) is 9.02. The molecule has 0 spiro atoms. The van der Waals surface area contributed by atoms with Crippen LogP contribution in [0.25, 0.3) is 0 Å². The summed E-state index contributed by atoms with van der Waals surface area (Å²) in [5.74, 6) is 0. The predicted molar refractivity (Wildman–Crippen MR) is 73.5 cm³/mol. The fourth-order valence-electron chi connectivity index (χ4n) is 1.36. The van der Waals surface area contributed by atoms with Gasteiger partial charge in [-0.3, -0.25) is 0 Å². The van der Waals surface area contributed by atoms with E-state index in [1.165, 1.54) is 11.3 Å². The standard InChI is InChI=1S/C11H6Cl4S/c12-6-2-1-3-7(13)10(6)11(15)8-4-5-9(14)16-8/h1-5,11H. The van der Waals surface area contributed by atoms with E-state index in [1.54, 1.807) is 18.2 Å². The van der Waals surface area contributed by atoms with Gasteiger partial charge in [0.1, 0.15) is 0 Å². The number of hydrogen-bond donors (Lipinski definition) is 0. The predicted octanol–water partition coefficient (Wildman–Crippen LogP) is 6.04. The van der Waals surface area contributed by atoms with Crippen molar-refractivity contribution in [1.29, 1.82) is 0 Å². The number of rotatable bonds is 2. The quantitative estimate of drug-likeness (QED) is 0.593. The molecule has 5 heteroatoms. The Labute approximate surface area is 118 Å². The molecule has 0 radical (unpaired) electrons. The minimum absolute atomic E-state index is 0.362. The molecule has 84 valence electrons. The summed E-state index contributed by atoms with van der Waals surface area (Å²) in [5.41, 5.74) is 0.728. The van der Waals surface area contributed by atoms with Gasteiger partial charge in [0.15, 0.2) is 0 Å². The molecule has 0 amide bonds. The third-order valence-corrected chi connectivity index (χ3v) is 4.63. The molecular weight excluding hydrogens is 306 g/mol. The number of thiophene rings is 1. The highest BCUT2D eigenvalue weighted by atomic mass is 35.5.